The van der Waals surface area contributed by atoms with Crippen LogP contribution < -0.4 is 0 Å². The third-order valence-corrected chi connectivity index (χ3v) is 4.23. The molecule has 2 aromatic rings. The molecular weight excluding hydrogens is 358 g/mol. The zero-order valence-electron chi connectivity index (χ0n) is 15.7. The fourth-order valence-corrected chi connectivity index (χ4v) is 2.82. The number of carbonyl (C=O) groups excluding carboxylic acids is 2. The fourth-order valence-electron chi connectivity index (χ4n) is 2.82. The highest BCUT2D eigenvalue weighted by Crippen LogP contribution is 2.14. The molecule has 0 saturated heterocycles. The maximum absolute atomic E-state index is 13.0. The van der Waals surface area contributed by atoms with E-state index in [-0.39, 0.29) is 18.3 Å². The zero-order valence-corrected chi connectivity index (χ0v) is 15.7. The second kappa shape index (κ2) is 9.60. The monoisotopic (exact) mass is 381 g/mol. The van der Waals surface area contributed by atoms with Crippen LogP contribution in [0.5, 0.6) is 0 Å². The maximum Gasteiger partial charge on any atom is 0.377 e. The second-order valence-electron chi connectivity index (χ2n) is 6.41. The summed E-state index contributed by atoms with van der Waals surface area (Å²) in [4.78, 5) is 26.9. The number of nitrogens with zero attached hydrogens (tertiary/aromatic N) is 1. The van der Waals surface area contributed by atoms with Crippen LogP contribution in [0, 0.1) is 0 Å². The van der Waals surface area contributed by atoms with Crippen LogP contribution in [0.4, 0.5) is 0 Å². The van der Waals surface area contributed by atoms with Gasteiger partial charge in [-0.15, -0.1) is 0 Å². The molecular formula is C22H23NO5. The average Bonchev–Trinajstić information content (AvgIpc) is 2.75. The van der Waals surface area contributed by atoms with Crippen molar-refractivity contribution in [1.29, 1.82) is 0 Å². The number of esters is 1. The van der Waals surface area contributed by atoms with Crippen molar-refractivity contribution >= 4 is 11.9 Å². The van der Waals surface area contributed by atoms with Gasteiger partial charge in [0, 0.05) is 13.1 Å². The molecule has 0 fully saturated rings. The van der Waals surface area contributed by atoms with E-state index in [0.717, 1.165) is 11.1 Å². The third-order valence-electron chi connectivity index (χ3n) is 4.23. The Bertz CT molecular complexity index is 778. The Hall–Kier alpha value is -3.28. The number of hydrogen-bond acceptors (Lipinski definition) is 5. The van der Waals surface area contributed by atoms with Gasteiger partial charge in [-0.25, -0.2) is 4.79 Å². The summed E-state index contributed by atoms with van der Waals surface area (Å²) in [6, 6.07) is 19.4. The maximum atomic E-state index is 13.0. The number of ether oxygens (including phenoxy) is 3. The number of amides is 1. The van der Waals surface area contributed by atoms with E-state index in [9.17, 15) is 9.59 Å². The SMILES string of the molecule is CC(OC(=O)C1=COCCO1)C(=O)N(Cc1ccccc1)Cc1ccccc1. The Kier molecular flexibility index (Phi) is 6.68. The summed E-state index contributed by atoms with van der Waals surface area (Å²) in [6.07, 6.45) is 0.265. The van der Waals surface area contributed by atoms with E-state index in [0.29, 0.717) is 19.7 Å². The van der Waals surface area contributed by atoms with Gasteiger partial charge in [0.1, 0.15) is 19.5 Å². The molecule has 0 radical (unpaired) electrons. The normalized spacial score (nSPS) is 14.1. The minimum atomic E-state index is -0.952. The summed E-state index contributed by atoms with van der Waals surface area (Å²) in [6.45, 7) is 3.05. The molecule has 0 bridgehead atoms. The summed E-state index contributed by atoms with van der Waals surface area (Å²) in [5.74, 6) is -1.01. The number of hydrogen-bond donors (Lipinski definition) is 0. The molecule has 0 saturated carbocycles. The van der Waals surface area contributed by atoms with Crippen molar-refractivity contribution in [3.8, 4) is 0 Å². The lowest BCUT2D eigenvalue weighted by Crippen LogP contribution is -2.39. The largest absolute Gasteiger partial charge is 0.493 e. The minimum Gasteiger partial charge on any atom is -0.493 e. The zero-order chi connectivity index (χ0) is 19.8. The summed E-state index contributed by atoms with van der Waals surface area (Å²) >= 11 is 0. The van der Waals surface area contributed by atoms with Crippen molar-refractivity contribution in [2.24, 2.45) is 0 Å². The van der Waals surface area contributed by atoms with E-state index in [2.05, 4.69) is 0 Å². The third kappa shape index (κ3) is 5.36. The van der Waals surface area contributed by atoms with E-state index in [1.54, 1.807) is 11.8 Å². The molecule has 0 spiro atoms. The smallest absolute Gasteiger partial charge is 0.377 e. The lowest BCUT2D eigenvalue weighted by Gasteiger charge is -2.26. The number of carbonyl (C=O) groups is 2. The predicted molar refractivity (Wildman–Crippen MR) is 103 cm³/mol. The molecule has 1 aliphatic heterocycles. The summed E-state index contributed by atoms with van der Waals surface area (Å²) in [5.41, 5.74) is 1.99. The van der Waals surface area contributed by atoms with E-state index in [4.69, 9.17) is 14.2 Å². The molecule has 0 aliphatic carbocycles. The van der Waals surface area contributed by atoms with Crippen LogP contribution in [0.15, 0.2) is 72.7 Å². The minimum absolute atomic E-state index is 0.0245. The van der Waals surface area contributed by atoms with Gasteiger partial charge in [0.15, 0.2) is 6.10 Å². The fraction of sp³-hybridized carbons (Fsp3) is 0.273. The second-order valence-corrected chi connectivity index (χ2v) is 6.41. The van der Waals surface area contributed by atoms with Gasteiger partial charge in [0.2, 0.25) is 5.76 Å². The van der Waals surface area contributed by atoms with Crippen LogP contribution >= 0.6 is 0 Å². The van der Waals surface area contributed by atoms with Crippen LogP contribution in [0.3, 0.4) is 0 Å². The van der Waals surface area contributed by atoms with E-state index in [1.807, 2.05) is 60.7 Å². The Labute approximate surface area is 164 Å². The standard InChI is InChI=1S/C22H23NO5/c1-17(28-22(25)20-16-26-12-13-27-20)21(24)23(14-18-8-4-2-5-9-18)15-19-10-6-3-7-11-19/h2-11,16-17H,12-15H2,1H3. The molecule has 1 heterocycles. The van der Waals surface area contributed by atoms with Gasteiger partial charge in [-0.1, -0.05) is 60.7 Å². The van der Waals surface area contributed by atoms with Gasteiger partial charge in [-0.05, 0) is 18.1 Å². The first-order valence-electron chi connectivity index (χ1n) is 9.15. The topological polar surface area (TPSA) is 65.1 Å². The highest BCUT2D eigenvalue weighted by Gasteiger charge is 2.27. The summed E-state index contributed by atoms with van der Waals surface area (Å²) in [5, 5.41) is 0. The molecule has 1 unspecified atom stereocenters. The first-order valence-corrected chi connectivity index (χ1v) is 9.15. The molecule has 0 aromatic heterocycles. The quantitative estimate of drug-likeness (QED) is 0.690. The van der Waals surface area contributed by atoms with E-state index >= 15 is 0 Å². The van der Waals surface area contributed by atoms with Gasteiger partial charge < -0.3 is 19.1 Å². The Morgan fingerprint density at radius 2 is 1.54 bits per heavy atom. The number of benzene rings is 2. The van der Waals surface area contributed by atoms with Crippen molar-refractivity contribution < 1.29 is 23.8 Å². The predicted octanol–water partition coefficient (Wildman–Crippen LogP) is 3.04. The van der Waals surface area contributed by atoms with Gasteiger partial charge in [-0.2, -0.15) is 0 Å². The Morgan fingerprint density at radius 1 is 0.964 bits per heavy atom. The van der Waals surface area contributed by atoms with Crippen molar-refractivity contribution in [1.82, 2.24) is 4.90 Å². The first-order chi connectivity index (χ1) is 13.6. The molecule has 1 atom stereocenters. The van der Waals surface area contributed by atoms with Crippen LogP contribution in [0.25, 0.3) is 0 Å². The molecule has 1 aliphatic rings. The molecule has 1 amide bonds. The molecule has 2 aromatic carbocycles. The molecule has 0 N–H and O–H groups in total. The van der Waals surface area contributed by atoms with Gasteiger partial charge in [0.05, 0.1) is 0 Å². The lowest BCUT2D eigenvalue weighted by molar-refractivity contribution is -0.160. The highest BCUT2D eigenvalue weighted by molar-refractivity contribution is 5.89. The van der Waals surface area contributed by atoms with Crippen molar-refractivity contribution in [2.75, 3.05) is 13.2 Å². The van der Waals surface area contributed by atoms with Crippen LogP contribution in [-0.2, 0) is 36.9 Å². The Morgan fingerprint density at radius 3 is 2.04 bits per heavy atom. The van der Waals surface area contributed by atoms with Crippen molar-refractivity contribution in [2.45, 2.75) is 26.1 Å². The average molecular weight is 381 g/mol. The highest BCUT2D eigenvalue weighted by atomic mass is 16.6. The molecule has 6 nitrogen and oxygen atoms in total. The molecule has 6 heteroatoms. The Balaban J connectivity index is 1.71. The summed E-state index contributed by atoms with van der Waals surface area (Å²) < 4.78 is 15.6. The van der Waals surface area contributed by atoms with E-state index < -0.39 is 12.1 Å². The van der Waals surface area contributed by atoms with Crippen LogP contribution in [0.1, 0.15) is 18.1 Å². The molecule has 28 heavy (non-hydrogen) atoms. The van der Waals surface area contributed by atoms with Crippen LogP contribution in [-0.4, -0.2) is 36.1 Å². The van der Waals surface area contributed by atoms with Crippen molar-refractivity contribution in [3.63, 3.8) is 0 Å². The number of rotatable bonds is 7. The van der Waals surface area contributed by atoms with Crippen LogP contribution in [0.2, 0.25) is 0 Å². The molecule has 146 valence electrons. The lowest BCUT2D eigenvalue weighted by atomic mass is 10.1. The molecule has 3 rings (SSSR count). The van der Waals surface area contributed by atoms with Gasteiger partial charge in [-0.3, -0.25) is 4.79 Å². The summed E-state index contributed by atoms with van der Waals surface area (Å²) in [7, 11) is 0. The van der Waals surface area contributed by atoms with Crippen molar-refractivity contribution in [3.05, 3.63) is 83.8 Å². The van der Waals surface area contributed by atoms with E-state index in [1.165, 1.54) is 6.26 Å². The van der Waals surface area contributed by atoms with Gasteiger partial charge >= 0.3 is 5.97 Å². The first kappa shape index (κ1) is 19.5. The van der Waals surface area contributed by atoms with Gasteiger partial charge in [0.25, 0.3) is 5.91 Å².